The van der Waals surface area contributed by atoms with Crippen LogP contribution in [0.15, 0.2) is 48.5 Å². The predicted molar refractivity (Wildman–Crippen MR) is 121 cm³/mol. The van der Waals surface area contributed by atoms with Crippen molar-refractivity contribution in [2.45, 2.75) is 71.8 Å². The first-order chi connectivity index (χ1) is 14.2. The molecule has 0 saturated heterocycles. The predicted octanol–water partition coefficient (Wildman–Crippen LogP) is 7.09. The third kappa shape index (κ3) is 8.02. The van der Waals surface area contributed by atoms with Gasteiger partial charge in [-0.25, -0.2) is 0 Å². The molecule has 3 heteroatoms. The van der Waals surface area contributed by atoms with Gasteiger partial charge in [0.05, 0.1) is 6.61 Å². The Morgan fingerprint density at radius 3 is 1.93 bits per heavy atom. The van der Waals surface area contributed by atoms with Gasteiger partial charge in [-0.3, -0.25) is 4.79 Å². The quantitative estimate of drug-likeness (QED) is 0.252. The average molecular weight is 397 g/mol. The lowest BCUT2D eigenvalue weighted by atomic mass is 10.0. The second kappa shape index (κ2) is 13.2. The van der Waals surface area contributed by atoms with Crippen molar-refractivity contribution < 1.29 is 14.3 Å². The minimum atomic E-state index is -0.397. The Balaban J connectivity index is 1.86. The standard InChI is InChI=1S/C26H36O3/c1-4-6-8-10-20-29-25-17-15-23(16-18-25)22-11-13-24(14-12-22)26(27)21(3)28-19-9-7-5-2/h11-18,21H,4-10,19-20H2,1-3H3. The molecule has 3 nitrogen and oxygen atoms in total. The minimum absolute atomic E-state index is 0.0415. The van der Waals surface area contributed by atoms with Gasteiger partial charge in [-0.05, 0) is 43.0 Å². The number of benzene rings is 2. The van der Waals surface area contributed by atoms with Crippen molar-refractivity contribution in [2.24, 2.45) is 0 Å². The van der Waals surface area contributed by atoms with Gasteiger partial charge in [-0.2, -0.15) is 0 Å². The molecule has 0 aliphatic carbocycles. The molecule has 0 aliphatic rings. The Bertz CT molecular complexity index is 704. The number of carbonyl (C=O) groups excluding carboxylic acids is 1. The van der Waals surface area contributed by atoms with E-state index in [1.54, 1.807) is 0 Å². The van der Waals surface area contributed by atoms with E-state index in [-0.39, 0.29) is 5.78 Å². The van der Waals surface area contributed by atoms with E-state index in [1.807, 2.05) is 43.3 Å². The van der Waals surface area contributed by atoms with Gasteiger partial charge in [0.25, 0.3) is 0 Å². The number of hydrogen-bond acceptors (Lipinski definition) is 3. The third-order valence-electron chi connectivity index (χ3n) is 5.11. The van der Waals surface area contributed by atoms with Crippen molar-refractivity contribution in [3.63, 3.8) is 0 Å². The summed E-state index contributed by atoms with van der Waals surface area (Å²) in [6.07, 6.45) is 7.73. The van der Waals surface area contributed by atoms with Crippen LogP contribution in [0.1, 0.15) is 76.1 Å². The number of carbonyl (C=O) groups is 1. The first-order valence-corrected chi connectivity index (χ1v) is 11.1. The molecule has 0 fully saturated rings. The molecule has 0 saturated carbocycles. The lowest BCUT2D eigenvalue weighted by molar-refractivity contribution is 0.0465. The van der Waals surface area contributed by atoms with Crippen molar-refractivity contribution in [1.29, 1.82) is 0 Å². The van der Waals surface area contributed by atoms with Crippen molar-refractivity contribution in [3.8, 4) is 16.9 Å². The normalized spacial score (nSPS) is 12.0. The Kier molecular flexibility index (Phi) is 10.5. The van der Waals surface area contributed by atoms with Gasteiger partial charge < -0.3 is 9.47 Å². The van der Waals surface area contributed by atoms with Crippen LogP contribution in [-0.2, 0) is 4.74 Å². The van der Waals surface area contributed by atoms with Crippen LogP contribution in [0.3, 0.4) is 0 Å². The molecule has 2 aromatic carbocycles. The summed E-state index contributed by atoms with van der Waals surface area (Å²) in [6, 6.07) is 15.9. The van der Waals surface area contributed by atoms with E-state index in [0.29, 0.717) is 12.2 Å². The molecule has 1 atom stereocenters. The van der Waals surface area contributed by atoms with E-state index in [9.17, 15) is 4.79 Å². The molecule has 2 aromatic rings. The fraction of sp³-hybridized carbons (Fsp3) is 0.500. The van der Waals surface area contributed by atoms with Crippen molar-refractivity contribution in [2.75, 3.05) is 13.2 Å². The van der Waals surface area contributed by atoms with Crippen LogP contribution >= 0.6 is 0 Å². The van der Waals surface area contributed by atoms with E-state index in [1.165, 1.54) is 19.3 Å². The van der Waals surface area contributed by atoms with Gasteiger partial charge in [0.15, 0.2) is 5.78 Å². The fourth-order valence-electron chi connectivity index (χ4n) is 3.21. The van der Waals surface area contributed by atoms with E-state index >= 15 is 0 Å². The van der Waals surface area contributed by atoms with Crippen molar-refractivity contribution >= 4 is 5.78 Å². The number of hydrogen-bond donors (Lipinski definition) is 0. The van der Waals surface area contributed by atoms with Crippen LogP contribution in [0.25, 0.3) is 11.1 Å². The Morgan fingerprint density at radius 1 is 0.759 bits per heavy atom. The highest BCUT2D eigenvalue weighted by Crippen LogP contribution is 2.23. The van der Waals surface area contributed by atoms with Crippen LogP contribution in [-0.4, -0.2) is 25.1 Å². The molecule has 0 amide bonds. The first kappa shape index (κ1) is 23.2. The molecule has 0 radical (unpaired) electrons. The van der Waals surface area contributed by atoms with Gasteiger partial charge in [0.2, 0.25) is 0 Å². The average Bonchev–Trinajstić information content (AvgIpc) is 2.76. The summed E-state index contributed by atoms with van der Waals surface area (Å²) in [6.45, 7) is 7.63. The monoisotopic (exact) mass is 396 g/mol. The summed E-state index contributed by atoms with van der Waals surface area (Å²) >= 11 is 0. The molecule has 29 heavy (non-hydrogen) atoms. The van der Waals surface area contributed by atoms with E-state index in [0.717, 1.165) is 49.2 Å². The highest BCUT2D eigenvalue weighted by molar-refractivity contribution is 5.99. The van der Waals surface area contributed by atoms with Crippen molar-refractivity contribution in [1.82, 2.24) is 0 Å². The zero-order valence-electron chi connectivity index (χ0n) is 18.3. The lowest BCUT2D eigenvalue weighted by Gasteiger charge is -2.12. The molecule has 0 heterocycles. The fourth-order valence-corrected chi connectivity index (χ4v) is 3.21. The molecule has 158 valence electrons. The number of unbranched alkanes of at least 4 members (excludes halogenated alkanes) is 5. The number of ketones is 1. The maximum atomic E-state index is 12.5. The second-order valence-electron chi connectivity index (χ2n) is 7.60. The van der Waals surface area contributed by atoms with E-state index < -0.39 is 6.10 Å². The maximum Gasteiger partial charge on any atom is 0.191 e. The van der Waals surface area contributed by atoms with E-state index in [4.69, 9.17) is 9.47 Å². The molecule has 0 spiro atoms. The molecule has 2 rings (SSSR count). The number of Topliss-reactive ketones (excluding diaryl/α,β-unsaturated/α-hetero) is 1. The number of ether oxygens (including phenoxy) is 2. The Hall–Kier alpha value is -2.13. The van der Waals surface area contributed by atoms with Gasteiger partial charge in [0, 0.05) is 12.2 Å². The van der Waals surface area contributed by atoms with Gasteiger partial charge in [-0.15, -0.1) is 0 Å². The molecule has 0 N–H and O–H groups in total. The van der Waals surface area contributed by atoms with Gasteiger partial charge >= 0.3 is 0 Å². The molecule has 0 bridgehead atoms. The third-order valence-corrected chi connectivity index (χ3v) is 5.11. The summed E-state index contributed by atoms with van der Waals surface area (Å²) in [5, 5.41) is 0. The SMILES string of the molecule is CCCCCCOc1ccc(-c2ccc(C(=O)C(C)OCCCCC)cc2)cc1. The topological polar surface area (TPSA) is 35.5 Å². The van der Waals surface area contributed by atoms with Gasteiger partial charge in [0.1, 0.15) is 11.9 Å². The second-order valence-corrected chi connectivity index (χ2v) is 7.60. The molecule has 0 aromatic heterocycles. The van der Waals surface area contributed by atoms with Crippen molar-refractivity contribution in [3.05, 3.63) is 54.1 Å². The molecule has 0 aliphatic heterocycles. The molecular formula is C26H36O3. The maximum absolute atomic E-state index is 12.5. The van der Waals surface area contributed by atoms with Crippen LogP contribution in [0.5, 0.6) is 5.75 Å². The largest absolute Gasteiger partial charge is 0.494 e. The minimum Gasteiger partial charge on any atom is -0.494 e. The summed E-state index contributed by atoms with van der Waals surface area (Å²) in [5.41, 5.74) is 2.91. The summed E-state index contributed by atoms with van der Waals surface area (Å²) in [5.74, 6) is 0.950. The zero-order chi connectivity index (χ0) is 20.9. The summed E-state index contributed by atoms with van der Waals surface area (Å²) in [4.78, 5) is 12.5. The number of rotatable bonds is 14. The molecule has 1 unspecified atom stereocenters. The Labute approximate surface area is 176 Å². The van der Waals surface area contributed by atoms with Gasteiger partial charge in [-0.1, -0.05) is 82.3 Å². The highest BCUT2D eigenvalue weighted by Gasteiger charge is 2.15. The highest BCUT2D eigenvalue weighted by atomic mass is 16.5. The van der Waals surface area contributed by atoms with Crippen LogP contribution in [0.4, 0.5) is 0 Å². The van der Waals surface area contributed by atoms with Crippen LogP contribution in [0.2, 0.25) is 0 Å². The summed E-state index contributed by atoms with van der Waals surface area (Å²) < 4.78 is 11.5. The lowest BCUT2D eigenvalue weighted by Crippen LogP contribution is -2.21. The van der Waals surface area contributed by atoms with Crippen LogP contribution < -0.4 is 4.74 Å². The first-order valence-electron chi connectivity index (χ1n) is 11.1. The summed E-state index contributed by atoms with van der Waals surface area (Å²) in [7, 11) is 0. The smallest absolute Gasteiger partial charge is 0.191 e. The van der Waals surface area contributed by atoms with E-state index in [2.05, 4.69) is 26.0 Å². The zero-order valence-corrected chi connectivity index (χ0v) is 18.3. The molecular weight excluding hydrogens is 360 g/mol. The van der Waals surface area contributed by atoms with Crippen LogP contribution in [0, 0.1) is 0 Å². The Morgan fingerprint density at radius 2 is 1.31 bits per heavy atom.